The number of nitro benzene ring substituents is 1. The summed E-state index contributed by atoms with van der Waals surface area (Å²) in [6.45, 7) is 3.70. The summed E-state index contributed by atoms with van der Waals surface area (Å²) in [6.07, 6.45) is -0.153. The van der Waals surface area contributed by atoms with Gasteiger partial charge in [0.05, 0.1) is 22.2 Å². The Hall–Kier alpha value is -3.93. The Balaban J connectivity index is 1.75. The molecule has 0 aliphatic carbocycles. The second-order valence-electron chi connectivity index (χ2n) is 7.72. The van der Waals surface area contributed by atoms with E-state index in [9.17, 15) is 14.9 Å². The molecule has 12 heteroatoms. The van der Waals surface area contributed by atoms with Crippen LogP contribution in [0.2, 0.25) is 0 Å². The first-order chi connectivity index (χ1) is 17.0. The Morgan fingerprint density at radius 3 is 2.71 bits per heavy atom. The molecule has 3 aromatic rings. The van der Waals surface area contributed by atoms with Crippen molar-refractivity contribution < 1.29 is 23.9 Å². The maximum Gasteiger partial charge on any atom is 0.282 e. The minimum atomic E-state index is -1.21. The minimum absolute atomic E-state index is 0.0557. The Labute approximate surface area is 204 Å². The molecular weight excluding hydrogens is 474 g/mol. The monoisotopic (exact) mass is 495 g/mol. The number of anilines is 1. The zero-order valence-electron chi connectivity index (χ0n) is 19.0. The second kappa shape index (κ2) is 9.37. The predicted molar refractivity (Wildman–Crippen MR) is 127 cm³/mol. The van der Waals surface area contributed by atoms with Crippen LogP contribution in [-0.2, 0) is 4.79 Å². The van der Waals surface area contributed by atoms with Crippen molar-refractivity contribution in [1.82, 2.24) is 15.2 Å². The third kappa shape index (κ3) is 4.09. The van der Waals surface area contributed by atoms with E-state index in [0.717, 1.165) is 12.2 Å². The molecule has 2 aromatic carbocycles. The highest BCUT2D eigenvalue weighted by Crippen LogP contribution is 2.47. The zero-order valence-corrected chi connectivity index (χ0v) is 19.8. The summed E-state index contributed by atoms with van der Waals surface area (Å²) in [5, 5.41) is 21.1. The molecule has 1 aromatic heterocycles. The fraction of sp³-hybridized carbons (Fsp3) is 0.304. The largest absolute Gasteiger partial charge is 0.454 e. The van der Waals surface area contributed by atoms with E-state index in [0.29, 0.717) is 27.9 Å². The number of nitrogens with zero attached hydrogens (tertiary/aromatic N) is 5. The SMILES string of the molecule is CCCSc1nnc2c(n1)O[C@H](c1cc3c(cc1[N+](=O)[O-])OCO3)N(C(=O)CC)c1ccccc1-2. The summed E-state index contributed by atoms with van der Waals surface area (Å²) < 4.78 is 17.1. The molecule has 180 valence electrons. The number of carbonyl (C=O) groups is 1. The third-order valence-electron chi connectivity index (χ3n) is 5.50. The number of aromatic nitrogens is 3. The summed E-state index contributed by atoms with van der Waals surface area (Å²) in [6, 6.07) is 9.89. The standard InChI is InChI=1S/C23H21N5O6S/c1-3-9-35-23-24-21-20(25-26-23)13-7-5-6-8-15(13)27(19(29)4-2)22(34-21)14-10-17-18(33-12-32-17)11-16(14)28(30)31/h5-8,10-11,22H,3-4,9,12H2,1-2H3/t22-/m1/s1. The average Bonchev–Trinajstić information content (AvgIpc) is 3.28. The van der Waals surface area contributed by atoms with Crippen LogP contribution in [0.5, 0.6) is 17.4 Å². The van der Waals surface area contributed by atoms with Crippen LogP contribution < -0.4 is 19.1 Å². The lowest BCUT2D eigenvalue weighted by molar-refractivity contribution is -0.386. The number of hydrogen-bond acceptors (Lipinski definition) is 10. The predicted octanol–water partition coefficient (Wildman–Crippen LogP) is 4.51. The molecule has 2 aliphatic heterocycles. The van der Waals surface area contributed by atoms with Crippen molar-refractivity contribution in [2.75, 3.05) is 17.4 Å². The number of fused-ring (bicyclic) bond motifs is 4. The molecule has 11 nitrogen and oxygen atoms in total. The van der Waals surface area contributed by atoms with Gasteiger partial charge < -0.3 is 14.2 Å². The number of para-hydroxylation sites is 1. The Kier molecular flexibility index (Phi) is 6.12. The molecule has 0 unspecified atom stereocenters. The highest BCUT2D eigenvalue weighted by Gasteiger charge is 2.40. The molecule has 2 aliphatic rings. The van der Waals surface area contributed by atoms with E-state index in [4.69, 9.17) is 14.2 Å². The van der Waals surface area contributed by atoms with E-state index >= 15 is 0 Å². The van der Waals surface area contributed by atoms with E-state index < -0.39 is 11.2 Å². The van der Waals surface area contributed by atoms with Crippen LogP contribution in [0.25, 0.3) is 11.3 Å². The van der Waals surface area contributed by atoms with Gasteiger partial charge in [-0.3, -0.25) is 19.8 Å². The summed E-state index contributed by atoms with van der Waals surface area (Å²) >= 11 is 1.42. The Morgan fingerprint density at radius 2 is 1.97 bits per heavy atom. The number of ether oxygens (including phenoxy) is 3. The number of hydrogen-bond donors (Lipinski definition) is 0. The number of amides is 1. The van der Waals surface area contributed by atoms with Crippen molar-refractivity contribution in [2.45, 2.75) is 38.1 Å². The van der Waals surface area contributed by atoms with Gasteiger partial charge in [0.15, 0.2) is 17.2 Å². The minimum Gasteiger partial charge on any atom is -0.454 e. The number of carbonyl (C=O) groups excluding carboxylic acids is 1. The van der Waals surface area contributed by atoms with E-state index in [1.807, 2.05) is 13.0 Å². The van der Waals surface area contributed by atoms with E-state index in [1.165, 1.54) is 28.8 Å². The summed E-state index contributed by atoms with van der Waals surface area (Å²) in [5.41, 5.74) is 1.28. The van der Waals surface area contributed by atoms with Crippen molar-refractivity contribution in [3.63, 3.8) is 0 Å². The molecule has 3 heterocycles. The van der Waals surface area contributed by atoms with Crippen LogP contribution >= 0.6 is 11.8 Å². The van der Waals surface area contributed by atoms with Crippen LogP contribution in [0.15, 0.2) is 41.6 Å². The lowest BCUT2D eigenvalue weighted by atomic mass is 10.1. The fourth-order valence-corrected chi connectivity index (χ4v) is 4.55. The number of thioether (sulfide) groups is 1. The lowest BCUT2D eigenvalue weighted by Crippen LogP contribution is -2.37. The fourth-order valence-electron chi connectivity index (χ4n) is 3.91. The quantitative estimate of drug-likeness (QED) is 0.273. The van der Waals surface area contributed by atoms with Gasteiger partial charge in [0, 0.05) is 17.7 Å². The van der Waals surface area contributed by atoms with E-state index in [1.54, 1.807) is 25.1 Å². The Bertz CT molecular complexity index is 1320. The first kappa shape index (κ1) is 22.8. The topological polar surface area (TPSA) is 130 Å². The molecule has 0 saturated carbocycles. The molecule has 0 fully saturated rings. The average molecular weight is 496 g/mol. The number of benzene rings is 2. The highest BCUT2D eigenvalue weighted by atomic mass is 32.2. The van der Waals surface area contributed by atoms with Crippen molar-refractivity contribution in [1.29, 1.82) is 0 Å². The molecule has 35 heavy (non-hydrogen) atoms. The van der Waals surface area contributed by atoms with Gasteiger partial charge in [-0.05, 0) is 18.6 Å². The molecule has 1 atom stereocenters. The van der Waals surface area contributed by atoms with Gasteiger partial charge >= 0.3 is 0 Å². The van der Waals surface area contributed by atoms with Crippen LogP contribution in [0.1, 0.15) is 38.5 Å². The van der Waals surface area contributed by atoms with Gasteiger partial charge in [-0.25, -0.2) is 0 Å². The van der Waals surface area contributed by atoms with Gasteiger partial charge in [-0.2, -0.15) is 4.98 Å². The van der Waals surface area contributed by atoms with Crippen molar-refractivity contribution in [2.24, 2.45) is 0 Å². The smallest absolute Gasteiger partial charge is 0.282 e. The molecule has 1 amide bonds. The first-order valence-corrected chi connectivity index (χ1v) is 12.0. The summed E-state index contributed by atoms with van der Waals surface area (Å²) in [4.78, 5) is 30.8. The maximum atomic E-state index is 13.3. The second-order valence-corrected chi connectivity index (χ2v) is 8.78. The third-order valence-corrected chi connectivity index (χ3v) is 6.55. The normalized spacial score (nSPS) is 15.6. The van der Waals surface area contributed by atoms with Crippen molar-refractivity contribution in [3.05, 3.63) is 52.1 Å². The van der Waals surface area contributed by atoms with Gasteiger partial charge in [0.25, 0.3) is 5.69 Å². The molecular formula is C23H21N5O6S. The van der Waals surface area contributed by atoms with Gasteiger partial charge in [-0.15, -0.1) is 10.2 Å². The molecule has 5 rings (SSSR count). The van der Waals surface area contributed by atoms with Crippen LogP contribution in [-0.4, -0.2) is 38.6 Å². The van der Waals surface area contributed by atoms with Crippen LogP contribution in [0.4, 0.5) is 11.4 Å². The zero-order chi connectivity index (χ0) is 24.5. The number of nitro groups is 1. The van der Waals surface area contributed by atoms with Crippen molar-refractivity contribution in [3.8, 4) is 28.6 Å². The molecule has 0 N–H and O–H groups in total. The van der Waals surface area contributed by atoms with Crippen molar-refractivity contribution >= 4 is 29.0 Å². The van der Waals surface area contributed by atoms with Gasteiger partial charge in [0.2, 0.25) is 30.0 Å². The van der Waals surface area contributed by atoms with Crippen LogP contribution in [0.3, 0.4) is 0 Å². The van der Waals surface area contributed by atoms with E-state index in [-0.39, 0.29) is 42.0 Å². The number of rotatable bonds is 6. The summed E-state index contributed by atoms with van der Waals surface area (Å²) in [5.74, 6) is 1.21. The summed E-state index contributed by atoms with van der Waals surface area (Å²) in [7, 11) is 0. The van der Waals surface area contributed by atoms with Gasteiger partial charge in [0.1, 0.15) is 0 Å². The maximum absolute atomic E-state index is 13.3. The highest BCUT2D eigenvalue weighted by molar-refractivity contribution is 7.99. The molecule has 0 radical (unpaired) electrons. The Morgan fingerprint density at radius 1 is 1.20 bits per heavy atom. The molecule has 0 bridgehead atoms. The first-order valence-electron chi connectivity index (χ1n) is 11.0. The molecule has 0 saturated heterocycles. The van der Waals surface area contributed by atoms with Gasteiger partial charge in [-0.1, -0.05) is 43.8 Å². The molecule has 0 spiro atoms. The lowest BCUT2D eigenvalue weighted by Gasteiger charge is -2.30. The van der Waals surface area contributed by atoms with Crippen LogP contribution in [0, 0.1) is 10.1 Å². The van der Waals surface area contributed by atoms with E-state index in [2.05, 4.69) is 15.2 Å².